The molecular weight excluding hydrogens is 463 g/mol. The fourth-order valence-corrected chi connectivity index (χ4v) is 7.76. The number of alkyl halides is 2. The van der Waals surface area contributed by atoms with E-state index in [4.69, 9.17) is 10.3 Å². The lowest BCUT2D eigenvalue weighted by molar-refractivity contribution is 0.0141. The van der Waals surface area contributed by atoms with Crippen LogP contribution in [0.4, 0.5) is 8.78 Å². The van der Waals surface area contributed by atoms with Crippen LogP contribution in [0.25, 0.3) is 10.4 Å². The molecule has 29 heavy (non-hydrogen) atoms. The monoisotopic (exact) mass is 486 g/mol. The summed E-state index contributed by atoms with van der Waals surface area (Å²) in [6.45, 7) is 2.60. The van der Waals surface area contributed by atoms with Gasteiger partial charge in [0.15, 0.2) is 0 Å². The molecule has 1 heterocycles. The Labute approximate surface area is 165 Å². The molecule has 3 unspecified atom stereocenters. The fraction of sp³-hybridized carbons (Fsp3) is 1.00. The SMILES string of the molecule is CCN(CC)P(=O)(O)C(F)(F)P(=O)(O)OP(=O)(O)OC[C@H]1O[C@@H](C)C[C@H]1N=[N+]=[N-]. The van der Waals surface area contributed by atoms with Gasteiger partial charge in [-0.3, -0.25) is 13.7 Å². The molecule has 18 heteroatoms. The highest BCUT2D eigenvalue weighted by Crippen LogP contribution is 2.79. The van der Waals surface area contributed by atoms with Crippen LogP contribution in [0.3, 0.4) is 0 Å². The van der Waals surface area contributed by atoms with E-state index in [2.05, 4.69) is 18.9 Å². The van der Waals surface area contributed by atoms with Crippen LogP contribution in [0, 0.1) is 0 Å². The molecule has 0 spiro atoms. The van der Waals surface area contributed by atoms with Gasteiger partial charge in [0.1, 0.15) is 0 Å². The Hall–Kier alpha value is -0.420. The molecule has 1 rings (SSSR count). The van der Waals surface area contributed by atoms with Gasteiger partial charge < -0.3 is 19.4 Å². The van der Waals surface area contributed by atoms with E-state index in [-0.39, 0.29) is 19.5 Å². The van der Waals surface area contributed by atoms with Crippen LogP contribution in [0.5, 0.6) is 0 Å². The zero-order valence-electron chi connectivity index (χ0n) is 15.7. The molecule has 0 aromatic rings. The standard InChI is InChI=1S/C11H23F2N4O9P3/c1-4-17(5-2)27(18,19)11(12,13)28(20,21)26-29(22,23)24-7-10-9(15-16-14)6-8(3)25-10/h8-10H,4-7H2,1-3H3,(H,18,19)(H,20,21)(H,22,23)/t8-,9+,10+/m0/s1. The van der Waals surface area contributed by atoms with E-state index in [1.54, 1.807) is 6.92 Å². The maximum absolute atomic E-state index is 14.3. The van der Waals surface area contributed by atoms with Crippen molar-refractivity contribution >= 4 is 22.9 Å². The van der Waals surface area contributed by atoms with Crippen molar-refractivity contribution in [3.63, 3.8) is 0 Å². The minimum atomic E-state index is -6.47. The molecule has 0 aliphatic carbocycles. The number of azide groups is 1. The lowest BCUT2D eigenvalue weighted by Crippen LogP contribution is -2.31. The molecule has 1 saturated heterocycles. The Bertz CT molecular complexity index is 777. The van der Waals surface area contributed by atoms with Gasteiger partial charge in [0.2, 0.25) is 0 Å². The number of nitrogens with zero attached hydrogens (tertiary/aromatic N) is 4. The third kappa shape index (κ3) is 6.06. The Kier molecular flexibility index (Phi) is 9.00. The Morgan fingerprint density at radius 1 is 1.28 bits per heavy atom. The number of phosphoric ester groups is 1. The van der Waals surface area contributed by atoms with Crippen LogP contribution in [0.15, 0.2) is 5.11 Å². The van der Waals surface area contributed by atoms with Gasteiger partial charge in [0.25, 0.3) is 0 Å². The molecular formula is C11H23F2N4O9P3. The van der Waals surface area contributed by atoms with Crippen LogP contribution in [0.2, 0.25) is 0 Å². The minimum absolute atomic E-state index is 0.253. The van der Waals surface area contributed by atoms with Crippen molar-refractivity contribution in [3.05, 3.63) is 10.4 Å². The molecule has 6 atom stereocenters. The molecule has 170 valence electrons. The predicted molar refractivity (Wildman–Crippen MR) is 96.3 cm³/mol. The van der Waals surface area contributed by atoms with Crippen molar-refractivity contribution in [2.24, 2.45) is 5.11 Å². The van der Waals surface area contributed by atoms with Crippen LogP contribution >= 0.6 is 22.9 Å². The highest BCUT2D eigenvalue weighted by molar-refractivity contribution is 7.76. The second kappa shape index (κ2) is 9.80. The van der Waals surface area contributed by atoms with Crippen LogP contribution in [-0.4, -0.2) is 62.7 Å². The topological polar surface area (TPSA) is 192 Å². The maximum Gasteiger partial charge on any atom is 0.479 e. The lowest BCUT2D eigenvalue weighted by Gasteiger charge is -2.32. The van der Waals surface area contributed by atoms with E-state index >= 15 is 0 Å². The number of hydrogen-bond acceptors (Lipinski definition) is 7. The summed E-state index contributed by atoms with van der Waals surface area (Å²) in [4.78, 5) is 31.4. The fourth-order valence-electron chi connectivity index (χ4n) is 2.60. The Morgan fingerprint density at radius 3 is 2.31 bits per heavy atom. The number of halogens is 2. The Morgan fingerprint density at radius 2 is 1.83 bits per heavy atom. The molecule has 0 aromatic carbocycles. The van der Waals surface area contributed by atoms with Crippen molar-refractivity contribution in [2.45, 2.75) is 50.8 Å². The maximum atomic E-state index is 14.3. The lowest BCUT2D eigenvalue weighted by atomic mass is 10.1. The third-order valence-electron chi connectivity index (χ3n) is 4.03. The first-order chi connectivity index (χ1) is 13.1. The van der Waals surface area contributed by atoms with Gasteiger partial charge in [-0.2, -0.15) is 8.78 Å². The van der Waals surface area contributed by atoms with Gasteiger partial charge in [0.05, 0.1) is 24.9 Å². The summed E-state index contributed by atoms with van der Waals surface area (Å²) in [5.74, 6) is 0. The van der Waals surface area contributed by atoms with Crippen LogP contribution < -0.4 is 0 Å². The average Bonchev–Trinajstić information content (AvgIpc) is 2.92. The summed E-state index contributed by atoms with van der Waals surface area (Å²) < 4.78 is 78.4. The van der Waals surface area contributed by atoms with E-state index in [1.807, 2.05) is 0 Å². The van der Waals surface area contributed by atoms with Crippen molar-refractivity contribution in [1.29, 1.82) is 0 Å². The zero-order chi connectivity index (χ0) is 22.7. The average molecular weight is 486 g/mol. The molecule has 0 radical (unpaired) electrons. The summed E-state index contributed by atoms with van der Waals surface area (Å²) in [5.41, 5.74) is 8.49. The quantitative estimate of drug-likeness (QED) is 0.169. The highest BCUT2D eigenvalue weighted by atomic mass is 31.3. The summed E-state index contributed by atoms with van der Waals surface area (Å²) in [6.07, 6.45) is -1.19. The summed E-state index contributed by atoms with van der Waals surface area (Å²) in [6, 6.07) is -0.794. The molecule has 0 aromatic heterocycles. The number of rotatable bonds is 11. The second-order valence-corrected chi connectivity index (χ2v) is 12.1. The van der Waals surface area contributed by atoms with Gasteiger partial charge in [-0.25, -0.2) is 13.5 Å². The van der Waals surface area contributed by atoms with E-state index in [9.17, 15) is 37.2 Å². The first-order valence-corrected chi connectivity index (χ1v) is 13.0. The van der Waals surface area contributed by atoms with Gasteiger partial charge in [0, 0.05) is 18.0 Å². The Balaban J connectivity index is 2.95. The normalized spacial score (nSPS) is 28.9. The van der Waals surface area contributed by atoms with Gasteiger partial charge in [-0.15, -0.1) is 0 Å². The first-order valence-electron chi connectivity index (χ1n) is 8.32. The molecule has 1 aliphatic heterocycles. The van der Waals surface area contributed by atoms with Gasteiger partial charge >= 0.3 is 28.3 Å². The van der Waals surface area contributed by atoms with Gasteiger partial charge in [-0.1, -0.05) is 19.0 Å². The second-order valence-electron chi connectivity index (χ2n) is 6.05. The summed E-state index contributed by atoms with van der Waals surface area (Å²) >= 11 is 0. The van der Waals surface area contributed by atoms with E-state index < -0.39 is 53.2 Å². The number of phosphoric acid groups is 1. The first kappa shape index (κ1) is 26.6. The summed E-state index contributed by atoms with van der Waals surface area (Å²) in [7, 11) is -17.9. The van der Waals surface area contributed by atoms with Crippen molar-refractivity contribution in [1.82, 2.24) is 4.67 Å². The number of hydrogen-bond donors (Lipinski definition) is 3. The molecule has 0 saturated carbocycles. The van der Waals surface area contributed by atoms with E-state index in [0.29, 0.717) is 4.67 Å². The van der Waals surface area contributed by atoms with Crippen molar-refractivity contribution in [3.8, 4) is 0 Å². The summed E-state index contributed by atoms with van der Waals surface area (Å²) in [5, 5.41) is -1.87. The van der Waals surface area contributed by atoms with Crippen molar-refractivity contribution < 1.29 is 50.7 Å². The molecule has 0 amide bonds. The predicted octanol–water partition coefficient (Wildman–Crippen LogP) is 3.24. The molecule has 1 fully saturated rings. The zero-order valence-corrected chi connectivity index (χ0v) is 18.4. The molecule has 3 N–H and O–H groups in total. The number of ether oxygens (including phenoxy) is 1. The van der Waals surface area contributed by atoms with E-state index in [0.717, 1.165) is 0 Å². The molecule has 13 nitrogen and oxygen atoms in total. The highest BCUT2D eigenvalue weighted by Gasteiger charge is 2.68. The smallest absolute Gasteiger partial charge is 0.372 e. The molecule has 0 bridgehead atoms. The largest absolute Gasteiger partial charge is 0.479 e. The third-order valence-corrected chi connectivity index (χ3v) is 10.5. The minimum Gasteiger partial charge on any atom is -0.372 e. The van der Waals surface area contributed by atoms with Crippen LogP contribution in [0.1, 0.15) is 27.2 Å². The molecule has 1 aliphatic rings. The van der Waals surface area contributed by atoms with Crippen molar-refractivity contribution in [2.75, 3.05) is 19.7 Å². The van der Waals surface area contributed by atoms with E-state index in [1.165, 1.54) is 13.8 Å². The van der Waals surface area contributed by atoms with Crippen LogP contribution in [-0.2, 0) is 27.3 Å². The van der Waals surface area contributed by atoms with Gasteiger partial charge in [-0.05, 0) is 18.9 Å².